The maximum absolute atomic E-state index is 11.5. The normalized spacial score (nSPS) is 15.9. The summed E-state index contributed by atoms with van der Waals surface area (Å²) in [5.74, 6) is -0.0453. The van der Waals surface area contributed by atoms with Gasteiger partial charge in [-0.05, 0) is 37.8 Å². The SMILES string of the molecule is COC(C)C(=O)NCc1cc2c(s1)CCC2. The van der Waals surface area contributed by atoms with Crippen LogP contribution in [-0.4, -0.2) is 19.1 Å². The molecule has 0 saturated heterocycles. The van der Waals surface area contributed by atoms with Crippen molar-refractivity contribution >= 4 is 17.2 Å². The number of methoxy groups -OCH3 is 1. The number of carbonyl (C=O) groups is 1. The van der Waals surface area contributed by atoms with Gasteiger partial charge in [0, 0.05) is 16.9 Å². The first-order valence-corrected chi connectivity index (χ1v) is 6.43. The lowest BCUT2D eigenvalue weighted by Gasteiger charge is -2.09. The first-order valence-electron chi connectivity index (χ1n) is 5.61. The van der Waals surface area contributed by atoms with Crippen molar-refractivity contribution in [1.82, 2.24) is 5.32 Å². The molecule has 1 N–H and O–H groups in total. The van der Waals surface area contributed by atoms with Gasteiger partial charge in [-0.3, -0.25) is 4.79 Å². The molecule has 1 aromatic rings. The summed E-state index contributed by atoms with van der Waals surface area (Å²) in [6.07, 6.45) is 3.33. The lowest BCUT2D eigenvalue weighted by Crippen LogP contribution is -2.33. The van der Waals surface area contributed by atoms with Gasteiger partial charge in [-0.15, -0.1) is 11.3 Å². The van der Waals surface area contributed by atoms with E-state index in [9.17, 15) is 4.79 Å². The van der Waals surface area contributed by atoms with Crippen LogP contribution in [-0.2, 0) is 28.9 Å². The standard InChI is InChI=1S/C12H17NO2S/c1-8(15-2)12(14)13-7-10-6-9-4-3-5-11(9)16-10/h6,8H,3-5,7H2,1-2H3,(H,13,14). The van der Waals surface area contributed by atoms with Crippen LogP contribution in [0.2, 0.25) is 0 Å². The van der Waals surface area contributed by atoms with Crippen molar-refractivity contribution < 1.29 is 9.53 Å². The van der Waals surface area contributed by atoms with Crippen LogP contribution in [0.1, 0.15) is 28.7 Å². The monoisotopic (exact) mass is 239 g/mol. The van der Waals surface area contributed by atoms with Crippen LogP contribution >= 0.6 is 11.3 Å². The molecule has 0 saturated carbocycles. The average molecular weight is 239 g/mol. The second kappa shape index (κ2) is 4.97. The third-order valence-corrected chi connectivity index (χ3v) is 4.19. The number of ether oxygens (including phenoxy) is 1. The Morgan fingerprint density at radius 3 is 3.12 bits per heavy atom. The van der Waals surface area contributed by atoms with Crippen LogP contribution < -0.4 is 5.32 Å². The smallest absolute Gasteiger partial charge is 0.249 e. The number of nitrogens with one attached hydrogen (secondary N) is 1. The second-order valence-electron chi connectivity index (χ2n) is 4.11. The zero-order valence-corrected chi connectivity index (χ0v) is 10.5. The van der Waals surface area contributed by atoms with Crippen molar-refractivity contribution in [3.05, 3.63) is 21.4 Å². The van der Waals surface area contributed by atoms with Gasteiger partial charge in [-0.25, -0.2) is 0 Å². The molecule has 0 aromatic carbocycles. The summed E-state index contributed by atoms with van der Waals surface area (Å²) in [5.41, 5.74) is 1.48. The lowest BCUT2D eigenvalue weighted by atomic mass is 10.2. The van der Waals surface area contributed by atoms with E-state index in [2.05, 4.69) is 11.4 Å². The zero-order valence-electron chi connectivity index (χ0n) is 9.71. The van der Waals surface area contributed by atoms with Crippen LogP contribution in [0.4, 0.5) is 0 Å². The highest BCUT2D eigenvalue weighted by Crippen LogP contribution is 2.30. The molecule has 1 atom stereocenters. The van der Waals surface area contributed by atoms with E-state index in [0.29, 0.717) is 6.54 Å². The molecule has 4 heteroatoms. The van der Waals surface area contributed by atoms with Gasteiger partial charge in [0.1, 0.15) is 6.10 Å². The Bertz CT molecular complexity index is 365. The third-order valence-electron chi connectivity index (χ3n) is 2.96. The number of fused-ring (bicyclic) bond motifs is 1. The third kappa shape index (κ3) is 2.44. The molecule has 2 rings (SSSR count). The maximum Gasteiger partial charge on any atom is 0.249 e. The van der Waals surface area contributed by atoms with Crippen LogP contribution in [0.3, 0.4) is 0 Å². The van der Waals surface area contributed by atoms with Gasteiger partial charge in [-0.1, -0.05) is 0 Å². The topological polar surface area (TPSA) is 38.3 Å². The van der Waals surface area contributed by atoms with E-state index in [1.807, 2.05) is 11.3 Å². The van der Waals surface area contributed by atoms with Gasteiger partial charge in [0.05, 0.1) is 6.54 Å². The molecule has 1 aromatic heterocycles. The van der Waals surface area contributed by atoms with E-state index in [1.54, 1.807) is 14.0 Å². The molecule has 0 radical (unpaired) electrons. The molecule has 1 unspecified atom stereocenters. The predicted molar refractivity (Wildman–Crippen MR) is 64.7 cm³/mol. The summed E-state index contributed by atoms with van der Waals surface area (Å²) in [5, 5.41) is 2.88. The van der Waals surface area contributed by atoms with Gasteiger partial charge in [0.25, 0.3) is 0 Å². The molecule has 1 amide bonds. The number of thiophene rings is 1. The Balaban J connectivity index is 1.88. The fourth-order valence-corrected chi connectivity index (χ4v) is 3.10. The molecule has 16 heavy (non-hydrogen) atoms. The van der Waals surface area contributed by atoms with Gasteiger partial charge in [0.15, 0.2) is 0 Å². The summed E-state index contributed by atoms with van der Waals surface area (Å²) < 4.78 is 4.95. The van der Waals surface area contributed by atoms with Gasteiger partial charge < -0.3 is 10.1 Å². The molecule has 88 valence electrons. The van der Waals surface area contributed by atoms with Crippen molar-refractivity contribution in [3.8, 4) is 0 Å². The summed E-state index contributed by atoms with van der Waals surface area (Å²) >= 11 is 1.83. The number of carbonyl (C=O) groups excluding carboxylic acids is 1. The first-order chi connectivity index (χ1) is 7.70. The summed E-state index contributed by atoms with van der Waals surface area (Å²) in [6.45, 7) is 2.38. The Kier molecular flexibility index (Phi) is 3.61. The Labute approximate surface area is 99.8 Å². The Hall–Kier alpha value is -0.870. The van der Waals surface area contributed by atoms with Crippen LogP contribution in [0, 0.1) is 0 Å². The van der Waals surface area contributed by atoms with Crippen molar-refractivity contribution in [3.63, 3.8) is 0 Å². The van der Waals surface area contributed by atoms with Crippen LogP contribution in [0.15, 0.2) is 6.07 Å². The molecule has 3 nitrogen and oxygen atoms in total. The molecule has 0 bridgehead atoms. The summed E-state index contributed by atoms with van der Waals surface area (Å²) in [7, 11) is 1.55. The minimum atomic E-state index is -0.369. The zero-order chi connectivity index (χ0) is 11.5. The van der Waals surface area contributed by atoms with E-state index < -0.39 is 0 Å². The molecule has 0 fully saturated rings. The van der Waals surface area contributed by atoms with Crippen LogP contribution in [0.5, 0.6) is 0 Å². The highest BCUT2D eigenvalue weighted by molar-refractivity contribution is 7.12. The van der Waals surface area contributed by atoms with Gasteiger partial charge in [-0.2, -0.15) is 0 Å². The lowest BCUT2D eigenvalue weighted by molar-refractivity contribution is -0.130. The molecular formula is C12H17NO2S. The van der Waals surface area contributed by atoms with Gasteiger partial charge in [0.2, 0.25) is 5.91 Å². The quantitative estimate of drug-likeness (QED) is 0.871. The molecule has 1 heterocycles. The fraction of sp³-hybridized carbons (Fsp3) is 0.583. The van der Waals surface area contributed by atoms with Crippen molar-refractivity contribution in [1.29, 1.82) is 0 Å². The van der Waals surface area contributed by atoms with Crippen molar-refractivity contribution in [2.24, 2.45) is 0 Å². The predicted octanol–water partition coefficient (Wildman–Crippen LogP) is 1.89. The molecule has 0 spiro atoms. The Morgan fingerprint density at radius 2 is 2.44 bits per heavy atom. The number of amides is 1. The summed E-state index contributed by atoms with van der Waals surface area (Å²) in [4.78, 5) is 14.2. The van der Waals surface area contributed by atoms with Crippen molar-refractivity contribution in [2.75, 3.05) is 7.11 Å². The average Bonchev–Trinajstić information content (AvgIpc) is 2.84. The van der Waals surface area contributed by atoms with E-state index in [0.717, 1.165) is 0 Å². The highest BCUT2D eigenvalue weighted by Gasteiger charge is 2.16. The number of aryl methyl sites for hydroxylation is 2. The van der Waals surface area contributed by atoms with E-state index >= 15 is 0 Å². The van der Waals surface area contributed by atoms with Crippen molar-refractivity contribution in [2.45, 2.75) is 38.8 Å². The molecular weight excluding hydrogens is 222 g/mol. The number of hydrogen-bond acceptors (Lipinski definition) is 3. The second-order valence-corrected chi connectivity index (χ2v) is 5.33. The minimum absolute atomic E-state index is 0.0453. The molecule has 1 aliphatic rings. The number of rotatable bonds is 4. The van der Waals surface area contributed by atoms with Gasteiger partial charge >= 0.3 is 0 Å². The fourth-order valence-electron chi connectivity index (χ4n) is 1.90. The number of hydrogen-bond donors (Lipinski definition) is 1. The summed E-state index contributed by atoms with van der Waals surface area (Å²) in [6, 6.07) is 2.23. The largest absolute Gasteiger partial charge is 0.372 e. The molecule has 1 aliphatic carbocycles. The van der Waals surface area contributed by atoms with E-state index in [1.165, 1.54) is 34.6 Å². The minimum Gasteiger partial charge on any atom is -0.372 e. The Morgan fingerprint density at radius 1 is 1.62 bits per heavy atom. The van der Waals surface area contributed by atoms with E-state index in [-0.39, 0.29) is 12.0 Å². The molecule has 0 aliphatic heterocycles. The van der Waals surface area contributed by atoms with Crippen LogP contribution in [0.25, 0.3) is 0 Å². The van der Waals surface area contributed by atoms with E-state index in [4.69, 9.17) is 4.74 Å². The highest BCUT2D eigenvalue weighted by atomic mass is 32.1. The maximum atomic E-state index is 11.5. The first kappa shape index (κ1) is 11.6.